The SMILES string of the molecule is Cc1cc(C(=O)N(C)[C@H](c2cccc(F)c2)c2ccccn2)no1. The highest BCUT2D eigenvalue weighted by Gasteiger charge is 2.27. The molecule has 0 N–H and O–H groups in total. The third-order valence-electron chi connectivity index (χ3n) is 3.69. The molecule has 122 valence electrons. The Kier molecular flexibility index (Phi) is 4.37. The van der Waals surface area contributed by atoms with Gasteiger partial charge in [-0.3, -0.25) is 9.78 Å². The topological polar surface area (TPSA) is 59.2 Å². The number of halogens is 1. The monoisotopic (exact) mass is 325 g/mol. The number of rotatable bonds is 4. The zero-order valence-corrected chi connectivity index (χ0v) is 13.3. The van der Waals surface area contributed by atoms with Gasteiger partial charge in [0.1, 0.15) is 11.6 Å². The molecule has 2 heterocycles. The van der Waals surface area contributed by atoms with E-state index < -0.39 is 6.04 Å². The van der Waals surface area contributed by atoms with Gasteiger partial charge in [-0.1, -0.05) is 23.4 Å². The van der Waals surface area contributed by atoms with Crippen molar-refractivity contribution < 1.29 is 13.7 Å². The Hall–Kier alpha value is -3.02. The average molecular weight is 325 g/mol. The van der Waals surface area contributed by atoms with Crippen LogP contribution < -0.4 is 0 Å². The number of aryl methyl sites for hydroxylation is 1. The number of carbonyl (C=O) groups is 1. The van der Waals surface area contributed by atoms with Crippen LogP contribution in [0.5, 0.6) is 0 Å². The number of nitrogens with zero attached hydrogens (tertiary/aromatic N) is 3. The summed E-state index contributed by atoms with van der Waals surface area (Å²) in [5.41, 5.74) is 1.47. The van der Waals surface area contributed by atoms with E-state index in [4.69, 9.17) is 4.52 Å². The average Bonchev–Trinajstić information content (AvgIpc) is 3.02. The highest BCUT2D eigenvalue weighted by Crippen LogP contribution is 2.27. The van der Waals surface area contributed by atoms with Gasteiger partial charge in [-0.05, 0) is 36.8 Å². The van der Waals surface area contributed by atoms with Crippen LogP contribution in [0.2, 0.25) is 0 Å². The third-order valence-corrected chi connectivity index (χ3v) is 3.69. The van der Waals surface area contributed by atoms with Crippen LogP contribution in [0.25, 0.3) is 0 Å². The summed E-state index contributed by atoms with van der Waals surface area (Å²) in [4.78, 5) is 18.5. The van der Waals surface area contributed by atoms with E-state index >= 15 is 0 Å². The van der Waals surface area contributed by atoms with Crippen molar-refractivity contribution in [2.75, 3.05) is 7.05 Å². The van der Waals surface area contributed by atoms with E-state index in [-0.39, 0.29) is 17.4 Å². The lowest BCUT2D eigenvalue weighted by Gasteiger charge is -2.27. The summed E-state index contributed by atoms with van der Waals surface area (Å²) in [6.45, 7) is 1.71. The molecule has 6 heteroatoms. The maximum absolute atomic E-state index is 13.7. The van der Waals surface area contributed by atoms with Crippen molar-refractivity contribution >= 4 is 5.91 Å². The summed E-state index contributed by atoms with van der Waals surface area (Å²) in [5, 5.41) is 3.76. The largest absolute Gasteiger partial charge is 0.361 e. The number of carbonyl (C=O) groups excluding carboxylic acids is 1. The van der Waals surface area contributed by atoms with Gasteiger partial charge in [-0.15, -0.1) is 0 Å². The molecule has 1 aromatic carbocycles. The van der Waals surface area contributed by atoms with E-state index in [1.807, 2.05) is 6.07 Å². The molecule has 0 radical (unpaired) electrons. The van der Waals surface area contributed by atoms with E-state index in [2.05, 4.69) is 10.1 Å². The number of aromatic nitrogens is 2. The van der Waals surface area contributed by atoms with Crippen LogP contribution in [0.4, 0.5) is 4.39 Å². The van der Waals surface area contributed by atoms with Crippen molar-refractivity contribution in [1.82, 2.24) is 15.0 Å². The molecule has 0 aliphatic carbocycles. The molecule has 0 fully saturated rings. The highest BCUT2D eigenvalue weighted by molar-refractivity contribution is 5.92. The van der Waals surface area contributed by atoms with Crippen molar-refractivity contribution in [2.45, 2.75) is 13.0 Å². The van der Waals surface area contributed by atoms with Gasteiger partial charge >= 0.3 is 0 Å². The molecule has 1 amide bonds. The minimum atomic E-state index is -0.536. The van der Waals surface area contributed by atoms with Gasteiger partial charge in [0.2, 0.25) is 0 Å². The molecule has 0 bridgehead atoms. The van der Waals surface area contributed by atoms with Crippen LogP contribution in [0.3, 0.4) is 0 Å². The normalized spacial score (nSPS) is 12.0. The number of hydrogen-bond acceptors (Lipinski definition) is 4. The van der Waals surface area contributed by atoms with Crippen molar-refractivity contribution in [3.05, 3.63) is 83.3 Å². The number of pyridine rings is 1. The Balaban J connectivity index is 2.02. The predicted octanol–water partition coefficient (Wildman–Crippen LogP) is 3.38. The van der Waals surface area contributed by atoms with Crippen LogP contribution in [-0.2, 0) is 0 Å². The predicted molar refractivity (Wildman–Crippen MR) is 85.8 cm³/mol. The van der Waals surface area contributed by atoms with Crippen LogP contribution in [0.15, 0.2) is 59.3 Å². The van der Waals surface area contributed by atoms with Crippen LogP contribution in [0.1, 0.15) is 33.5 Å². The molecule has 0 unspecified atom stereocenters. The van der Waals surface area contributed by atoms with Gasteiger partial charge in [0.15, 0.2) is 5.69 Å². The summed E-state index contributed by atoms with van der Waals surface area (Å²) in [6, 6.07) is 12.6. The first kappa shape index (κ1) is 15.9. The minimum absolute atomic E-state index is 0.201. The van der Waals surface area contributed by atoms with E-state index in [0.717, 1.165) is 0 Å². The Morgan fingerprint density at radius 1 is 1.21 bits per heavy atom. The lowest BCUT2D eigenvalue weighted by atomic mass is 10.0. The fraction of sp³-hybridized carbons (Fsp3) is 0.167. The first-order chi connectivity index (χ1) is 11.6. The van der Waals surface area contributed by atoms with Crippen molar-refractivity contribution in [3.8, 4) is 0 Å². The van der Waals surface area contributed by atoms with Gasteiger partial charge in [-0.2, -0.15) is 0 Å². The minimum Gasteiger partial charge on any atom is -0.361 e. The molecule has 24 heavy (non-hydrogen) atoms. The van der Waals surface area contributed by atoms with Crippen LogP contribution in [0, 0.1) is 12.7 Å². The molecule has 3 rings (SSSR count). The molecule has 0 spiro atoms. The second-order valence-electron chi connectivity index (χ2n) is 5.45. The van der Waals surface area contributed by atoms with Gasteiger partial charge in [-0.25, -0.2) is 4.39 Å². The fourth-order valence-electron chi connectivity index (χ4n) is 2.57. The Morgan fingerprint density at radius 3 is 2.67 bits per heavy atom. The molecular weight excluding hydrogens is 309 g/mol. The van der Waals surface area contributed by atoms with E-state index in [9.17, 15) is 9.18 Å². The molecular formula is C18H16FN3O2. The summed E-state index contributed by atoms with van der Waals surface area (Å²) in [6.07, 6.45) is 1.64. The summed E-state index contributed by atoms with van der Waals surface area (Å²) >= 11 is 0. The van der Waals surface area contributed by atoms with E-state index in [1.165, 1.54) is 17.0 Å². The van der Waals surface area contributed by atoms with Crippen molar-refractivity contribution in [3.63, 3.8) is 0 Å². The molecule has 0 aliphatic rings. The van der Waals surface area contributed by atoms with Crippen LogP contribution in [-0.4, -0.2) is 28.0 Å². The Labute approximate surface area is 138 Å². The number of benzene rings is 1. The Morgan fingerprint density at radius 2 is 2.04 bits per heavy atom. The molecule has 0 aliphatic heterocycles. The smallest absolute Gasteiger partial charge is 0.276 e. The molecule has 5 nitrogen and oxygen atoms in total. The quantitative estimate of drug-likeness (QED) is 0.738. The highest BCUT2D eigenvalue weighted by atomic mass is 19.1. The van der Waals surface area contributed by atoms with Gasteiger partial charge in [0.25, 0.3) is 5.91 Å². The summed E-state index contributed by atoms with van der Waals surface area (Å²) in [7, 11) is 1.64. The molecule has 0 saturated carbocycles. The van der Waals surface area contributed by atoms with Gasteiger partial charge in [0, 0.05) is 19.3 Å². The third kappa shape index (κ3) is 3.17. The maximum Gasteiger partial charge on any atom is 0.276 e. The van der Waals surface area contributed by atoms with E-state index in [0.29, 0.717) is 17.0 Å². The fourth-order valence-corrected chi connectivity index (χ4v) is 2.57. The summed E-state index contributed by atoms with van der Waals surface area (Å²) < 4.78 is 18.7. The zero-order valence-electron chi connectivity index (χ0n) is 13.3. The van der Waals surface area contributed by atoms with E-state index in [1.54, 1.807) is 50.5 Å². The molecule has 0 saturated heterocycles. The van der Waals surface area contributed by atoms with Crippen LogP contribution >= 0.6 is 0 Å². The number of hydrogen-bond donors (Lipinski definition) is 0. The van der Waals surface area contributed by atoms with Crippen molar-refractivity contribution in [2.24, 2.45) is 0 Å². The number of amides is 1. The zero-order chi connectivity index (χ0) is 17.1. The van der Waals surface area contributed by atoms with Gasteiger partial charge < -0.3 is 9.42 Å². The Bertz CT molecular complexity index is 848. The first-order valence-electron chi connectivity index (χ1n) is 7.43. The molecule has 2 aromatic heterocycles. The van der Waals surface area contributed by atoms with Crippen molar-refractivity contribution in [1.29, 1.82) is 0 Å². The molecule has 1 atom stereocenters. The maximum atomic E-state index is 13.7. The standard InChI is InChI=1S/C18H16FN3O2/c1-12-10-16(21-24-12)18(23)22(2)17(15-8-3-4-9-20-15)13-6-5-7-14(19)11-13/h3-11,17H,1-2H3/t17-/m1/s1. The lowest BCUT2D eigenvalue weighted by molar-refractivity contribution is 0.0742. The van der Waals surface area contributed by atoms with Gasteiger partial charge in [0.05, 0.1) is 11.7 Å². The second kappa shape index (κ2) is 6.62. The second-order valence-corrected chi connectivity index (χ2v) is 5.45. The summed E-state index contributed by atoms with van der Waals surface area (Å²) in [5.74, 6) is -0.148. The lowest BCUT2D eigenvalue weighted by Crippen LogP contribution is -2.32. The first-order valence-corrected chi connectivity index (χ1v) is 7.43. The molecule has 3 aromatic rings.